The summed E-state index contributed by atoms with van der Waals surface area (Å²) in [7, 11) is 2.54. The molecule has 0 aliphatic heterocycles. The van der Waals surface area contributed by atoms with Gasteiger partial charge in [-0.1, -0.05) is 25.2 Å². The van der Waals surface area contributed by atoms with Gasteiger partial charge in [0.05, 0.1) is 14.2 Å². The second-order valence-corrected chi connectivity index (χ2v) is 4.44. The standard InChI is InChI=1S/C13H18O4/c1-8(2)10-7-13(6-9(10)3,11(14)16-4)12(15)17-5/h7,9H,1,6H2,2-5H3. The van der Waals surface area contributed by atoms with E-state index in [1.807, 2.05) is 13.8 Å². The molecule has 0 spiro atoms. The third-order valence-corrected chi connectivity index (χ3v) is 3.15. The number of ether oxygens (including phenoxy) is 2. The molecule has 1 atom stereocenters. The van der Waals surface area contributed by atoms with E-state index < -0.39 is 17.4 Å². The Hall–Kier alpha value is -1.58. The van der Waals surface area contributed by atoms with Crippen LogP contribution in [0.5, 0.6) is 0 Å². The van der Waals surface area contributed by atoms with Crippen LogP contribution in [-0.4, -0.2) is 26.2 Å². The molecular formula is C13H18O4. The van der Waals surface area contributed by atoms with Gasteiger partial charge >= 0.3 is 11.9 Å². The lowest BCUT2D eigenvalue weighted by Gasteiger charge is -2.21. The van der Waals surface area contributed by atoms with Crippen molar-refractivity contribution in [1.29, 1.82) is 0 Å². The van der Waals surface area contributed by atoms with Crippen molar-refractivity contribution in [1.82, 2.24) is 0 Å². The van der Waals surface area contributed by atoms with E-state index in [-0.39, 0.29) is 5.92 Å². The molecule has 0 fully saturated rings. The van der Waals surface area contributed by atoms with E-state index in [1.165, 1.54) is 14.2 Å². The smallest absolute Gasteiger partial charge is 0.327 e. The summed E-state index contributed by atoms with van der Waals surface area (Å²) in [6.07, 6.45) is 2.01. The number of esters is 2. The first kappa shape index (κ1) is 13.5. The van der Waals surface area contributed by atoms with Crippen LogP contribution in [0.3, 0.4) is 0 Å². The molecule has 1 unspecified atom stereocenters. The lowest BCUT2D eigenvalue weighted by molar-refractivity contribution is -0.165. The van der Waals surface area contributed by atoms with Gasteiger partial charge in [0.1, 0.15) is 0 Å². The fraction of sp³-hybridized carbons (Fsp3) is 0.538. The maximum Gasteiger partial charge on any atom is 0.327 e. The summed E-state index contributed by atoms with van der Waals surface area (Å²) >= 11 is 0. The van der Waals surface area contributed by atoms with Crippen molar-refractivity contribution >= 4 is 11.9 Å². The maximum atomic E-state index is 11.9. The molecule has 0 saturated heterocycles. The summed E-state index contributed by atoms with van der Waals surface area (Å²) < 4.78 is 9.45. The van der Waals surface area contributed by atoms with Crippen LogP contribution in [0, 0.1) is 11.3 Å². The second-order valence-electron chi connectivity index (χ2n) is 4.44. The normalized spacial score (nSPS) is 21.6. The Morgan fingerprint density at radius 3 is 2.12 bits per heavy atom. The minimum atomic E-state index is -1.31. The van der Waals surface area contributed by atoms with Gasteiger partial charge in [-0.25, -0.2) is 0 Å². The topological polar surface area (TPSA) is 52.6 Å². The molecule has 4 nitrogen and oxygen atoms in total. The lowest BCUT2D eigenvalue weighted by Crippen LogP contribution is -2.38. The highest BCUT2D eigenvalue weighted by Gasteiger charge is 2.51. The van der Waals surface area contributed by atoms with Crippen molar-refractivity contribution < 1.29 is 19.1 Å². The van der Waals surface area contributed by atoms with Gasteiger partial charge in [0, 0.05) is 0 Å². The summed E-state index contributed by atoms with van der Waals surface area (Å²) in [5.41, 5.74) is 0.463. The Bertz CT molecular complexity index is 376. The molecule has 0 saturated carbocycles. The molecule has 1 rings (SSSR count). The highest BCUT2D eigenvalue weighted by molar-refractivity contribution is 6.03. The van der Waals surface area contributed by atoms with Crippen molar-refractivity contribution in [3.8, 4) is 0 Å². The van der Waals surface area contributed by atoms with Gasteiger partial charge in [-0.2, -0.15) is 0 Å². The average Bonchev–Trinajstić information content (AvgIpc) is 2.66. The van der Waals surface area contributed by atoms with Gasteiger partial charge < -0.3 is 9.47 Å². The first-order valence-electron chi connectivity index (χ1n) is 5.44. The monoisotopic (exact) mass is 238 g/mol. The fourth-order valence-corrected chi connectivity index (χ4v) is 2.34. The molecule has 1 aliphatic carbocycles. The van der Waals surface area contributed by atoms with Gasteiger partial charge in [-0.05, 0) is 24.8 Å². The molecule has 0 aromatic heterocycles. The zero-order chi connectivity index (χ0) is 13.2. The molecule has 0 aromatic rings. The van der Waals surface area contributed by atoms with Crippen LogP contribution in [0.1, 0.15) is 20.3 Å². The molecule has 17 heavy (non-hydrogen) atoms. The van der Waals surface area contributed by atoms with E-state index >= 15 is 0 Å². The molecule has 0 N–H and O–H groups in total. The van der Waals surface area contributed by atoms with E-state index in [0.717, 1.165) is 11.1 Å². The highest BCUT2D eigenvalue weighted by Crippen LogP contribution is 2.44. The molecule has 0 heterocycles. The lowest BCUT2D eigenvalue weighted by atomic mass is 9.85. The Kier molecular flexibility index (Phi) is 3.76. The van der Waals surface area contributed by atoms with E-state index in [4.69, 9.17) is 9.47 Å². The molecule has 94 valence electrons. The predicted octanol–water partition coefficient (Wildman–Crippen LogP) is 1.86. The van der Waals surface area contributed by atoms with Crippen molar-refractivity contribution in [2.75, 3.05) is 14.2 Å². The SMILES string of the molecule is C=C(C)C1=CC(C(=O)OC)(C(=O)OC)CC1C. The summed E-state index contributed by atoms with van der Waals surface area (Å²) in [4.78, 5) is 23.7. The van der Waals surface area contributed by atoms with Crippen LogP contribution in [0.4, 0.5) is 0 Å². The molecular weight excluding hydrogens is 220 g/mol. The molecule has 4 heteroatoms. The predicted molar refractivity (Wildman–Crippen MR) is 63.1 cm³/mol. The van der Waals surface area contributed by atoms with Crippen LogP contribution in [0.25, 0.3) is 0 Å². The number of carbonyl (C=O) groups excluding carboxylic acids is 2. The Morgan fingerprint density at radius 1 is 1.35 bits per heavy atom. The van der Waals surface area contributed by atoms with Gasteiger partial charge in [-0.3, -0.25) is 9.59 Å². The number of methoxy groups -OCH3 is 2. The summed E-state index contributed by atoms with van der Waals surface area (Å²) in [6.45, 7) is 7.66. The number of hydrogen-bond donors (Lipinski definition) is 0. The van der Waals surface area contributed by atoms with E-state index in [2.05, 4.69) is 6.58 Å². The van der Waals surface area contributed by atoms with Crippen LogP contribution >= 0.6 is 0 Å². The molecule has 0 amide bonds. The minimum absolute atomic E-state index is 0.0886. The first-order chi connectivity index (χ1) is 7.89. The summed E-state index contributed by atoms with van der Waals surface area (Å²) in [5.74, 6) is -1.06. The maximum absolute atomic E-state index is 11.9. The summed E-state index contributed by atoms with van der Waals surface area (Å²) in [5, 5.41) is 0. The van der Waals surface area contributed by atoms with Gasteiger partial charge in [0.25, 0.3) is 0 Å². The largest absolute Gasteiger partial charge is 0.468 e. The molecule has 0 aromatic carbocycles. The third kappa shape index (κ3) is 2.12. The zero-order valence-corrected chi connectivity index (χ0v) is 10.7. The summed E-state index contributed by atoms with van der Waals surface area (Å²) in [6, 6.07) is 0. The van der Waals surface area contributed by atoms with Crippen molar-refractivity contribution in [2.45, 2.75) is 20.3 Å². The van der Waals surface area contributed by atoms with Gasteiger partial charge in [0.15, 0.2) is 5.41 Å². The second kappa shape index (κ2) is 4.73. The third-order valence-electron chi connectivity index (χ3n) is 3.15. The van der Waals surface area contributed by atoms with Gasteiger partial charge in [-0.15, -0.1) is 0 Å². The number of rotatable bonds is 3. The van der Waals surface area contributed by atoms with E-state index in [0.29, 0.717) is 6.42 Å². The minimum Gasteiger partial charge on any atom is -0.468 e. The van der Waals surface area contributed by atoms with Gasteiger partial charge in [0.2, 0.25) is 0 Å². The quantitative estimate of drug-likeness (QED) is 0.556. The Labute approximate surface area is 101 Å². The van der Waals surface area contributed by atoms with Crippen molar-refractivity contribution in [3.63, 3.8) is 0 Å². The van der Waals surface area contributed by atoms with E-state index in [9.17, 15) is 9.59 Å². The van der Waals surface area contributed by atoms with Crippen molar-refractivity contribution in [3.05, 3.63) is 23.8 Å². The number of carbonyl (C=O) groups is 2. The Morgan fingerprint density at radius 2 is 1.82 bits per heavy atom. The van der Waals surface area contributed by atoms with Crippen LogP contribution in [0.15, 0.2) is 23.8 Å². The molecule has 0 bridgehead atoms. The Balaban J connectivity index is 3.25. The number of hydrogen-bond acceptors (Lipinski definition) is 4. The number of allylic oxidation sites excluding steroid dienone is 2. The van der Waals surface area contributed by atoms with Crippen LogP contribution in [-0.2, 0) is 19.1 Å². The molecule has 0 radical (unpaired) electrons. The highest BCUT2D eigenvalue weighted by atomic mass is 16.5. The molecule has 1 aliphatic rings. The van der Waals surface area contributed by atoms with Crippen LogP contribution < -0.4 is 0 Å². The van der Waals surface area contributed by atoms with E-state index in [1.54, 1.807) is 6.08 Å². The zero-order valence-electron chi connectivity index (χ0n) is 10.7. The fourth-order valence-electron chi connectivity index (χ4n) is 2.34. The average molecular weight is 238 g/mol. The van der Waals surface area contributed by atoms with Crippen LogP contribution in [0.2, 0.25) is 0 Å². The van der Waals surface area contributed by atoms with Crippen molar-refractivity contribution in [2.24, 2.45) is 11.3 Å². The first-order valence-corrected chi connectivity index (χ1v) is 5.44.